The molecule has 5 nitrogen and oxygen atoms in total. The zero-order chi connectivity index (χ0) is 10.6. The molecular formula is C9H7N3O2. The molecule has 0 saturated heterocycles. The summed E-state index contributed by atoms with van der Waals surface area (Å²) in [6.07, 6.45) is 0. The van der Waals surface area contributed by atoms with Crippen LogP contribution in [0, 0.1) is 11.3 Å². The standard InChI is InChI=1S/C9H7N3O2/c10-5-6-1-3-7(4-2-6)12-9(14)8(11)13/h1-4H,(H2,11,13)(H,12,14). The molecule has 0 aliphatic rings. The lowest BCUT2D eigenvalue weighted by atomic mass is 10.2. The maximum Gasteiger partial charge on any atom is 0.313 e. The second-order valence-corrected chi connectivity index (χ2v) is 2.51. The van der Waals surface area contributed by atoms with E-state index in [2.05, 4.69) is 5.32 Å². The summed E-state index contributed by atoms with van der Waals surface area (Å²) in [6, 6.07) is 8.00. The van der Waals surface area contributed by atoms with Gasteiger partial charge in [0.25, 0.3) is 0 Å². The van der Waals surface area contributed by atoms with Crippen LogP contribution in [0.3, 0.4) is 0 Å². The number of primary amides is 1. The molecule has 0 aliphatic carbocycles. The third-order valence-corrected chi connectivity index (χ3v) is 1.50. The van der Waals surface area contributed by atoms with Crippen LogP contribution >= 0.6 is 0 Å². The molecule has 0 aliphatic heterocycles. The minimum absolute atomic E-state index is 0.424. The van der Waals surface area contributed by atoms with E-state index in [4.69, 9.17) is 11.0 Å². The van der Waals surface area contributed by atoms with Crippen molar-refractivity contribution < 1.29 is 9.59 Å². The highest BCUT2D eigenvalue weighted by molar-refractivity contribution is 6.39. The third kappa shape index (κ3) is 2.32. The fraction of sp³-hybridized carbons (Fsp3) is 0. The highest BCUT2D eigenvalue weighted by Crippen LogP contribution is 2.08. The summed E-state index contributed by atoms with van der Waals surface area (Å²) < 4.78 is 0. The van der Waals surface area contributed by atoms with Gasteiger partial charge in [-0.25, -0.2) is 0 Å². The van der Waals surface area contributed by atoms with Crippen LogP contribution in [0.2, 0.25) is 0 Å². The molecule has 0 bridgehead atoms. The highest BCUT2D eigenvalue weighted by atomic mass is 16.2. The van der Waals surface area contributed by atoms with Gasteiger partial charge < -0.3 is 11.1 Å². The Kier molecular flexibility index (Phi) is 2.82. The number of carbonyl (C=O) groups is 2. The topological polar surface area (TPSA) is 96.0 Å². The van der Waals surface area contributed by atoms with Crippen molar-refractivity contribution in [3.05, 3.63) is 29.8 Å². The van der Waals surface area contributed by atoms with E-state index in [1.54, 1.807) is 0 Å². The molecule has 0 fully saturated rings. The zero-order valence-electron chi connectivity index (χ0n) is 7.15. The molecule has 0 aromatic heterocycles. The fourth-order valence-electron chi connectivity index (χ4n) is 0.821. The molecule has 0 heterocycles. The molecule has 0 radical (unpaired) electrons. The predicted molar refractivity (Wildman–Crippen MR) is 49.0 cm³/mol. The zero-order valence-corrected chi connectivity index (χ0v) is 7.15. The van der Waals surface area contributed by atoms with Crippen molar-refractivity contribution in [3.8, 4) is 6.07 Å². The van der Waals surface area contributed by atoms with Crippen molar-refractivity contribution in [2.75, 3.05) is 5.32 Å². The Bertz CT molecular complexity index is 403. The lowest BCUT2D eigenvalue weighted by Crippen LogP contribution is -2.29. The average molecular weight is 189 g/mol. The summed E-state index contributed by atoms with van der Waals surface area (Å²) >= 11 is 0. The van der Waals surface area contributed by atoms with Crippen LogP contribution in [0.1, 0.15) is 5.56 Å². The van der Waals surface area contributed by atoms with Crippen LogP contribution in [-0.2, 0) is 9.59 Å². The van der Waals surface area contributed by atoms with Gasteiger partial charge in [-0.1, -0.05) is 0 Å². The second kappa shape index (κ2) is 4.05. The highest BCUT2D eigenvalue weighted by Gasteiger charge is 2.07. The maximum absolute atomic E-state index is 10.8. The van der Waals surface area contributed by atoms with Crippen molar-refractivity contribution in [1.82, 2.24) is 0 Å². The molecule has 0 saturated carbocycles. The molecule has 1 aromatic rings. The van der Waals surface area contributed by atoms with Gasteiger partial charge >= 0.3 is 11.8 Å². The van der Waals surface area contributed by atoms with E-state index in [0.29, 0.717) is 11.3 Å². The lowest BCUT2D eigenvalue weighted by Gasteiger charge is -2.01. The van der Waals surface area contributed by atoms with Gasteiger partial charge in [-0.3, -0.25) is 9.59 Å². The van der Waals surface area contributed by atoms with Gasteiger partial charge in [-0.05, 0) is 24.3 Å². The number of nitrogens with one attached hydrogen (secondary N) is 1. The fourth-order valence-corrected chi connectivity index (χ4v) is 0.821. The van der Waals surface area contributed by atoms with Crippen molar-refractivity contribution in [1.29, 1.82) is 5.26 Å². The van der Waals surface area contributed by atoms with Crippen LogP contribution in [0.25, 0.3) is 0 Å². The van der Waals surface area contributed by atoms with Gasteiger partial charge in [0.2, 0.25) is 0 Å². The Morgan fingerprint density at radius 2 is 1.86 bits per heavy atom. The molecule has 1 rings (SSSR count). The van der Waals surface area contributed by atoms with Crippen LogP contribution in [0.4, 0.5) is 5.69 Å². The van der Waals surface area contributed by atoms with Crippen molar-refractivity contribution in [3.63, 3.8) is 0 Å². The first-order valence-electron chi connectivity index (χ1n) is 3.74. The van der Waals surface area contributed by atoms with Gasteiger partial charge in [0.05, 0.1) is 11.6 Å². The van der Waals surface area contributed by atoms with Gasteiger partial charge in [-0.15, -0.1) is 0 Å². The molecule has 0 unspecified atom stereocenters. The third-order valence-electron chi connectivity index (χ3n) is 1.50. The second-order valence-electron chi connectivity index (χ2n) is 2.51. The first-order valence-corrected chi connectivity index (χ1v) is 3.74. The van der Waals surface area contributed by atoms with Gasteiger partial charge in [0.1, 0.15) is 0 Å². The van der Waals surface area contributed by atoms with Crippen LogP contribution < -0.4 is 11.1 Å². The number of hydrogen-bond donors (Lipinski definition) is 2. The monoisotopic (exact) mass is 189 g/mol. The largest absolute Gasteiger partial charge is 0.361 e. The van der Waals surface area contributed by atoms with E-state index in [-0.39, 0.29) is 0 Å². The van der Waals surface area contributed by atoms with Gasteiger partial charge in [0, 0.05) is 5.69 Å². The minimum Gasteiger partial charge on any atom is -0.361 e. The molecule has 2 amide bonds. The Hall–Kier alpha value is -2.35. The SMILES string of the molecule is N#Cc1ccc(NC(=O)C(N)=O)cc1. The van der Waals surface area contributed by atoms with Gasteiger partial charge in [0.15, 0.2) is 0 Å². The Morgan fingerprint density at radius 3 is 2.29 bits per heavy atom. The summed E-state index contributed by atoms with van der Waals surface area (Å²) in [5.74, 6) is -1.93. The van der Waals surface area contributed by atoms with Crippen molar-refractivity contribution in [2.45, 2.75) is 0 Å². The van der Waals surface area contributed by atoms with E-state index >= 15 is 0 Å². The molecule has 0 atom stereocenters. The normalized spacial score (nSPS) is 8.79. The quantitative estimate of drug-likeness (QED) is 0.607. The van der Waals surface area contributed by atoms with E-state index in [1.807, 2.05) is 6.07 Å². The maximum atomic E-state index is 10.8. The Labute approximate surface area is 80.1 Å². The predicted octanol–water partition coefficient (Wildman–Crippen LogP) is -0.0179. The number of hydrogen-bond acceptors (Lipinski definition) is 3. The molecule has 1 aromatic carbocycles. The number of anilines is 1. The summed E-state index contributed by atoms with van der Waals surface area (Å²) in [5, 5.41) is 10.8. The van der Waals surface area contributed by atoms with Gasteiger partial charge in [-0.2, -0.15) is 5.26 Å². The number of nitrogens with zero attached hydrogens (tertiary/aromatic N) is 1. The first-order chi connectivity index (χ1) is 6.63. The number of carbonyl (C=O) groups excluding carboxylic acids is 2. The van der Waals surface area contributed by atoms with E-state index in [1.165, 1.54) is 24.3 Å². The smallest absolute Gasteiger partial charge is 0.313 e. The molecule has 3 N–H and O–H groups in total. The summed E-state index contributed by atoms with van der Waals surface area (Å²) in [7, 11) is 0. The number of nitriles is 1. The average Bonchev–Trinajstić information content (AvgIpc) is 2.19. The molecule has 0 spiro atoms. The molecule has 70 valence electrons. The number of nitrogens with two attached hydrogens (primary N) is 1. The number of amides is 2. The van der Waals surface area contributed by atoms with Crippen molar-refractivity contribution in [2.24, 2.45) is 5.73 Å². The summed E-state index contributed by atoms with van der Waals surface area (Å²) in [5.41, 5.74) is 5.63. The molecular weight excluding hydrogens is 182 g/mol. The lowest BCUT2D eigenvalue weighted by molar-refractivity contribution is -0.134. The van der Waals surface area contributed by atoms with Crippen LogP contribution in [0.15, 0.2) is 24.3 Å². The Morgan fingerprint density at radius 1 is 1.29 bits per heavy atom. The minimum atomic E-state index is -1.05. The Balaban J connectivity index is 2.75. The van der Waals surface area contributed by atoms with E-state index < -0.39 is 11.8 Å². The first kappa shape index (κ1) is 9.74. The summed E-state index contributed by atoms with van der Waals surface area (Å²) in [6.45, 7) is 0. The van der Waals surface area contributed by atoms with Crippen LogP contribution in [0.5, 0.6) is 0 Å². The van der Waals surface area contributed by atoms with Crippen molar-refractivity contribution >= 4 is 17.5 Å². The molecule has 14 heavy (non-hydrogen) atoms. The number of benzene rings is 1. The van der Waals surface area contributed by atoms with E-state index in [0.717, 1.165) is 0 Å². The summed E-state index contributed by atoms with van der Waals surface area (Å²) in [4.78, 5) is 21.2. The molecule has 5 heteroatoms. The number of rotatable bonds is 1. The van der Waals surface area contributed by atoms with Crippen LogP contribution in [-0.4, -0.2) is 11.8 Å². The van der Waals surface area contributed by atoms with E-state index in [9.17, 15) is 9.59 Å².